The average molecular weight is 399 g/mol. The van der Waals surface area contributed by atoms with E-state index in [-0.39, 0.29) is 17.6 Å². The normalized spacial score (nSPS) is 21.0. The summed E-state index contributed by atoms with van der Waals surface area (Å²) < 4.78 is 41.1. The Morgan fingerprint density at radius 2 is 2.00 bits per heavy atom. The summed E-state index contributed by atoms with van der Waals surface area (Å²) in [6, 6.07) is 4.65. The monoisotopic (exact) mass is 399 g/mol. The number of hydrogen-bond acceptors (Lipinski definition) is 4. The molecular weight excluding hydrogens is 375 g/mol. The van der Waals surface area contributed by atoms with Gasteiger partial charge in [-0.25, -0.2) is 0 Å². The Morgan fingerprint density at radius 1 is 1.25 bits per heavy atom. The predicted octanol–water partition coefficient (Wildman–Crippen LogP) is 2.59. The van der Waals surface area contributed by atoms with Gasteiger partial charge in [0.25, 0.3) is 0 Å². The second-order valence-electron chi connectivity index (χ2n) is 7.18. The smallest absolute Gasteiger partial charge is 0.406 e. The second kappa shape index (κ2) is 8.81. The minimum Gasteiger partial charge on any atom is -0.406 e. The molecule has 0 aliphatic carbocycles. The van der Waals surface area contributed by atoms with Gasteiger partial charge in [-0.1, -0.05) is 6.07 Å². The van der Waals surface area contributed by atoms with Crippen LogP contribution in [0.4, 0.5) is 18.9 Å². The summed E-state index contributed by atoms with van der Waals surface area (Å²) in [5.41, 5.74) is 0.318. The van der Waals surface area contributed by atoms with Crippen molar-refractivity contribution in [2.75, 3.05) is 24.5 Å². The highest BCUT2D eigenvalue weighted by Crippen LogP contribution is 2.29. The first kappa shape index (κ1) is 20.4. The van der Waals surface area contributed by atoms with Gasteiger partial charge in [-0.2, -0.15) is 0 Å². The first-order chi connectivity index (χ1) is 13.3. The van der Waals surface area contributed by atoms with Gasteiger partial charge in [-0.3, -0.25) is 9.59 Å². The maximum atomic E-state index is 12.6. The van der Waals surface area contributed by atoms with Gasteiger partial charge in [0.05, 0.1) is 0 Å². The lowest BCUT2D eigenvalue weighted by molar-refractivity contribution is -0.274. The van der Waals surface area contributed by atoms with Gasteiger partial charge in [0.15, 0.2) is 0 Å². The molecule has 2 aliphatic heterocycles. The van der Waals surface area contributed by atoms with Crippen LogP contribution >= 0.6 is 0 Å². The van der Waals surface area contributed by atoms with Crippen LogP contribution in [0.15, 0.2) is 24.3 Å². The Labute approximate surface area is 161 Å². The second-order valence-corrected chi connectivity index (χ2v) is 7.18. The lowest BCUT2D eigenvalue weighted by Crippen LogP contribution is -2.41. The van der Waals surface area contributed by atoms with E-state index in [9.17, 15) is 22.8 Å². The van der Waals surface area contributed by atoms with Gasteiger partial charge in [-0.15, -0.1) is 13.2 Å². The van der Waals surface area contributed by atoms with Crippen molar-refractivity contribution in [3.8, 4) is 5.75 Å². The molecule has 1 atom stereocenters. The minimum absolute atomic E-state index is 0.159. The summed E-state index contributed by atoms with van der Waals surface area (Å²) >= 11 is 0. The Balaban J connectivity index is 1.52. The van der Waals surface area contributed by atoms with Crippen molar-refractivity contribution in [2.45, 2.75) is 44.5 Å². The maximum Gasteiger partial charge on any atom is 0.573 e. The van der Waals surface area contributed by atoms with Crippen LogP contribution in [0.2, 0.25) is 0 Å². The first-order valence-electron chi connectivity index (χ1n) is 9.49. The number of piperidine rings is 1. The fraction of sp³-hybridized carbons (Fsp3) is 0.579. The minimum atomic E-state index is -4.79. The quantitative estimate of drug-likeness (QED) is 0.772. The van der Waals surface area contributed by atoms with E-state index in [1.807, 2.05) is 0 Å². The molecule has 9 heteroatoms. The Bertz CT molecular complexity index is 705. The van der Waals surface area contributed by atoms with Crippen LogP contribution in [0.3, 0.4) is 0 Å². The van der Waals surface area contributed by atoms with Crippen LogP contribution < -0.4 is 20.3 Å². The number of carbonyl (C=O) groups excluding carboxylic acids is 2. The van der Waals surface area contributed by atoms with E-state index in [2.05, 4.69) is 15.4 Å². The summed E-state index contributed by atoms with van der Waals surface area (Å²) in [5.74, 6) is -0.335. The third-order valence-electron chi connectivity index (χ3n) is 5.14. The molecule has 2 fully saturated rings. The number of nitrogens with zero attached hydrogens (tertiary/aromatic N) is 1. The van der Waals surface area contributed by atoms with Crippen molar-refractivity contribution >= 4 is 17.5 Å². The van der Waals surface area contributed by atoms with Crippen molar-refractivity contribution in [1.29, 1.82) is 0 Å². The van der Waals surface area contributed by atoms with Crippen molar-refractivity contribution < 1.29 is 27.5 Å². The maximum absolute atomic E-state index is 12.6. The summed E-state index contributed by atoms with van der Waals surface area (Å²) in [4.78, 5) is 26.2. The number of rotatable bonds is 6. The number of hydrogen-bond donors (Lipinski definition) is 2. The third-order valence-corrected chi connectivity index (χ3v) is 5.14. The van der Waals surface area contributed by atoms with E-state index in [0.29, 0.717) is 31.0 Å². The largest absolute Gasteiger partial charge is 0.573 e. The highest BCUT2D eigenvalue weighted by Gasteiger charge is 2.35. The van der Waals surface area contributed by atoms with Crippen LogP contribution in [0.1, 0.15) is 32.1 Å². The Kier molecular flexibility index (Phi) is 6.43. The number of halogens is 3. The van der Waals surface area contributed by atoms with Gasteiger partial charge < -0.3 is 20.3 Å². The van der Waals surface area contributed by atoms with E-state index in [0.717, 1.165) is 32.4 Å². The van der Waals surface area contributed by atoms with Crippen LogP contribution in [-0.2, 0) is 9.59 Å². The summed E-state index contributed by atoms with van der Waals surface area (Å²) in [6.45, 7) is 2.27. The molecule has 0 saturated carbocycles. The molecule has 0 spiro atoms. The van der Waals surface area contributed by atoms with Crippen LogP contribution in [-0.4, -0.2) is 43.9 Å². The van der Waals surface area contributed by atoms with Crippen LogP contribution in [0, 0.1) is 5.92 Å². The molecule has 2 aliphatic rings. The fourth-order valence-corrected chi connectivity index (χ4v) is 3.69. The van der Waals surface area contributed by atoms with E-state index in [1.54, 1.807) is 6.07 Å². The first-order valence-corrected chi connectivity index (χ1v) is 9.49. The number of alkyl halides is 3. The van der Waals surface area contributed by atoms with Crippen molar-refractivity contribution in [3.63, 3.8) is 0 Å². The van der Waals surface area contributed by atoms with Gasteiger partial charge in [-0.05, 0) is 56.8 Å². The number of amides is 2. The Hall–Kier alpha value is -2.29. The zero-order chi connectivity index (χ0) is 20.1. The molecule has 0 aromatic heterocycles. The lowest BCUT2D eigenvalue weighted by atomic mass is 9.93. The highest BCUT2D eigenvalue weighted by molar-refractivity contribution is 6.01. The van der Waals surface area contributed by atoms with Gasteiger partial charge in [0.2, 0.25) is 11.8 Å². The molecule has 2 amide bonds. The topological polar surface area (TPSA) is 70.7 Å². The van der Waals surface area contributed by atoms with Crippen LogP contribution in [0.5, 0.6) is 5.75 Å². The lowest BCUT2D eigenvalue weighted by Gasteiger charge is -2.22. The summed E-state index contributed by atoms with van der Waals surface area (Å²) in [6.07, 6.45) is -1.08. The average Bonchev–Trinajstić information content (AvgIpc) is 3.00. The number of benzene rings is 1. The van der Waals surface area contributed by atoms with Crippen molar-refractivity contribution in [2.24, 2.45) is 5.92 Å². The molecule has 2 saturated heterocycles. The molecule has 2 heterocycles. The molecule has 1 aromatic carbocycles. The van der Waals surface area contributed by atoms with Crippen LogP contribution in [0.25, 0.3) is 0 Å². The fourth-order valence-electron chi connectivity index (χ4n) is 3.69. The zero-order valence-electron chi connectivity index (χ0n) is 15.4. The molecule has 154 valence electrons. The predicted molar refractivity (Wildman–Crippen MR) is 96.9 cm³/mol. The number of carbonyl (C=O) groups is 2. The van der Waals surface area contributed by atoms with Crippen molar-refractivity contribution in [1.82, 2.24) is 10.6 Å². The molecule has 6 nitrogen and oxygen atoms in total. The van der Waals surface area contributed by atoms with E-state index in [4.69, 9.17) is 0 Å². The molecule has 1 aromatic rings. The van der Waals surface area contributed by atoms with Crippen molar-refractivity contribution in [3.05, 3.63) is 24.3 Å². The number of ether oxygens (including phenoxy) is 1. The Morgan fingerprint density at radius 3 is 2.71 bits per heavy atom. The molecular formula is C19H24F3N3O3. The zero-order valence-corrected chi connectivity index (χ0v) is 15.4. The van der Waals surface area contributed by atoms with E-state index >= 15 is 0 Å². The number of anilines is 1. The highest BCUT2D eigenvalue weighted by atomic mass is 19.4. The molecule has 0 bridgehead atoms. The molecule has 28 heavy (non-hydrogen) atoms. The van der Waals surface area contributed by atoms with Gasteiger partial charge >= 0.3 is 6.36 Å². The van der Waals surface area contributed by atoms with E-state index in [1.165, 1.54) is 23.1 Å². The summed E-state index contributed by atoms with van der Waals surface area (Å²) in [7, 11) is 0. The molecule has 3 rings (SSSR count). The van der Waals surface area contributed by atoms with E-state index < -0.39 is 12.4 Å². The SMILES string of the molecule is O=C(CCC1CCNCC1)NC1CCN(c2cccc(OC(F)(F)F)c2)C1=O. The molecule has 2 N–H and O–H groups in total. The number of nitrogens with one attached hydrogen (secondary N) is 2. The summed E-state index contributed by atoms with van der Waals surface area (Å²) in [5, 5.41) is 6.05. The standard InChI is InChI=1S/C19H24F3N3O3/c20-19(21,22)28-15-3-1-2-14(12-15)25-11-8-16(18(25)27)24-17(26)5-4-13-6-9-23-10-7-13/h1-3,12-13,16,23H,4-11H2,(H,24,26). The molecule has 0 radical (unpaired) electrons. The molecule has 1 unspecified atom stereocenters. The third kappa shape index (κ3) is 5.60. The van der Waals surface area contributed by atoms with Gasteiger partial charge in [0, 0.05) is 24.7 Å². The van der Waals surface area contributed by atoms with Gasteiger partial charge in [0.1, 0.15) is 11.8 Å².